The van der Waals surface area contributed by atoms with E-state index in [-0.39, 0.29) is 6.54 Å². The van der Waals surface area contributed by atoms with Crippen molar-refractivity contribution in [2.45, 2.75) is 18.9 Å². The van der Waals surface area contributed by atoms with E-state index in [0.717, 1.165) is 4.90 Å². The molecule has 0 aliphatic carbocycles. The molecule has 0 radical (unpaired) electrons. The van der Waals surface area contributed by atoms with Crippen LogP contribution in [0.25, 0.3) is 0 Å². The summed E-state index contributed by atoms with van der Waals surface area (Å²) < 4.78 is 39.6. The predicted molar refractivity (Wildman–Crippen MR) is 57.7 cm³/mol. The van der Waals surface area contributed by atoms with Crippen molar-refractivity contribution >= 4 is 5.91 Å². The maximum atomic E-state index is 13.6. The summed E-state index contributed by atoms with van der Waals surface area (Å²) in [6, 6.07) is 1.55. The Hall–Kier alpha value is -2.23. The van der Waals surface area contributed by atoms with Crippen LogP contribution >= 0.6 is 0 Å². The van der Waals surface area contributed by atoms with Crippen LogP contribution in [0.4, 0.5) is 13.2 Å². The summed E-state index contributed by atoms with van der Waals surface area (Å²) in [5, 5.41) is 17.9. The Bertz CT molecular complexity index is 583. The quantitative estimate of drug-likeness (QED) is 0.793. The summed E-state index contributed by atoms with van der Waals surface area (Å²) in [7, 11) is 0. The average molecular weight is 270 g/mol. The Kier molecular flexibility index (Phi) is 3.34. The van der Waals surface area contributed by atoms with Gasteiger partial charge in [0.2, 0.25) is 5.82 Å². The minimum atomic E-state index is -1.74. The summed E-state index contributed by atoms with van der Waals surface area (Å²) in [6.45, 7) is 0.232. The number of likely N-dealkylation sites (tertiary alicyclic amines) is 1. The maximum Gasteiger partial charge on any atom is 0.258 e. The van der Waals surface area contributed by atoms with E-state index in [1.54, 1.807) is 0 Å². The van der Waals surface area contributed by atoms with E-state index in [1.165, 1.54) is 0 Å². The topological polar surface area (TPSA) is 64.3 Å². The van der Waals surface area contributed by atoms with Crippen LogP contribution in [0.15, 0.2) is 6.07 Å². The monoisotopic (exact) mass is 270 g/mol. The SMILES string of the molecule is N#CC1CCCN1C(=O)c1cc(F)c(F)c(O)c1F. The van der Waals surface area contributed by atoms with Crippen LogP contribution < -0.4 is 0 Å². The molecule has 0 saturated carbocycles. The number of carbonyl (C=O) groups excluding carboxylic acids is 1. The Balaban J connectivity index is 2.43. The van der Waals surface area contributed by atoms with Gasteiger partial charge in [-0.25, -0.2) is 8.78 Å². The van der Waals surface area contributed by atoms with Crippen molar-refractivity contribution in [3.63, 3.8) is 0 Å². The number of hydrogen-bond donors (Lipinski definition) is 1. The number of phenolic OH excluding ortho intramolecular Hbond substituents is 1. The fourth-order valence-corrected chi connectivity index (χ4v) is 2.04. The zero-order valence-electron chi connectivity index (χ0n) is 9.66. The fourth-order valence-electron chi connectivity index (χ4n) is 2.04. The van der Waals surface area contributed by atoms with Crippen LogP contribution in [-0.2, 0) is 0 Å². The van der Waals surface area contributed by atoms with E-state index >= 15 is 0 Å². The first-order valence-electron chi connectivity index (χ1n) is 5.54. The number of hydrogen-bond acceptors (Lipinski definition) is 3. The first-order valence-corrected chi connectivity index (χ1v) is 5.54. The van der Waals surface area contributed by atoms with Gasteiger partial charge >= 0.3 is 0 Å². The molecule has 1 aliphatic rings. The molecule has 4 nitrogen and oxygen atoms in total. The van der Waals surface area contributed by atoms with Gasteiger partial charge in [-0.05, 0) is 18.9 Å². The van der Waals surface area contributed by atoms with Gasteiger partial charge in [0.25, 0.3) is 5.91 Å². The van der Waals surface area contributed by atoms with Crippen LogP contribution in [0.1, 0.15) is 23.2 Å². The molecule has 19 heavy (non-hydrogen) atoms. The van der Waals surface area contributed by atoms with Crippen LogP contribution in [0.5, 0.6) is 5.75 Å². The van der Waals surface area contributed by atoms with Gasteiger partial charge < -0.3 is 10.0 Å². The summed E-state index contributed by atoms with van der Waals surface area (Å²) in [5.41, 5.74) is -0.779. The Morgan fingerprint density at radius 2 is 2.11 bits per heavy atom. The van der Waals surface area contributed by atoms with Crippen molar-refractivity contribution < 1.29 is 23.1 Å². The predicted octanol–water partition coefficient (Wildman–Crippen LogP) is 1.94. The van der Waals surface area contributed by atoms with Gasteiger partial charge in [-0.15, -0.1) is 0 Å². The molecule has 7 heteroatoms. The van der Waals surface area contributed by atoms with Crippen LogP contribution in [0.3, 0.4) is 0 Å². The summed E-state index contributed by atoms with van der Waals surface area (Å²) in [4.78, 5) is 13.1. The summed E-state index contributed by atoms with van der Waals surface area (Å²) in [5.74, 6) is -7.25. The lowest BCUT2D eigenvalue weighted by Gasteiger charge is -2.20. The highest BCUT2D eigenvalue weighted by Crippen LogP contribution is 2.28. The molecule has 0 bridgehead atoms. The van der Waals surface area contributed by atoms with Crippen molar-refractivity contribution in [1.29, 1.82) is 5.26 Å². The molecule has 1 aliphatic heterocycles. The minimum absolute atomic E-state index is 0.232. The molecule has 0 spiro atoms. The molecule has 1 unspecified atom stereocenters. The molecule has 1 aromatic rings. The maximum absolute atomic E-state index is 13.6. The van der Waals surface area contributed by atoms with Crippen molar-refractivity contribution in [3.05, 3.63) is 29.1 Å². The number of amides is 1. The normalized spacial score (nSPS) is 18.4. The van der Waals surface area contributed by atoms with E-state index in [0.29, 0.717) is 18.9 Å². The van der Waals surface area contributed by atoms with Gasteiger partial charge in [-0.2, -0.15) is 9.65 Å². The number of halogens is 3. The second kappa shape index (κ2) is 4.80. The summed E-state index contributed by atoms with van der Waals surface area (Å²) in [6.07, 6.45) is 1.01. The number of rotatable bonds is 1. The molecule has 100 valence electrons. The van der Waals surface area contributed by atoms with E-state index in [1.807, 2.05) is 6.07 Å². The molecule has 2 rings (SSSR count). The third-order valence-corrected chi connectivity index (χ3v) is 3.03. The highest BCUT2D eigenvalue weighted by molar-refractivity contribution is 5.95. The molecule has 1 saturated heterocycles. The van der Waals surface area contributed by atoms with E-state index in [9.17, 15) is 18.0 Å². The lowest BCUT2D eigenvalue weighted by Crippen LogP contribution is -2.35. The Morgan fingerprint density at radius 3 is 2.74 bits per heavy atom. The van der Waals surface area contributed by atoms with Crippen molar-refractivity contribution in [2.24, 2.45) is 0 Å². The number of benzene rings is 1. The highest BCUT2D eigenvalue weighted by atomic mass is 19.2. The van der Waals surface area contributed by atoms with Gasteiger partial charge in [0.05, 0.1) is 11.6 Å². The standard InChI is InChI=1S/C12H9F3N2O2/c13-8-4-7(9(14)11(18)10(8)15)12(19)17-3-1-2-6(17)5-16/h4,6,18H,1-3H2. The number of aromatic hydroxyl groups is 1. The van der Waals surface area contributed by atoms with Crippen LogP contribution in [-0.4, -0.2) is 28.5 Å². The van der Waals surface area contributed by atoms with Gasteiger partial charge in [-0.3, -0.25) is 4.79 Å². The number of nitriles is 1. The lowest BCUT2D eigenvalue weighted by atomic mass is 10.1. The zero-order chi connectivity index (χ0) is 14.2. The molecule has 1 fully saturated rings. The van der Waals surface area contributed by atoms with E-state index < -0.39 is 40.7 Å². The molecule has 1 atom stereocenters. The third kappa shape index (κ3) is 2.10. The number of carbonyl (C=O) groups is 1. The first-order chi connectivity index (χ1) is 8.97. The molecule has 1 heterocycles. The average Bonchev–Trinajstić information content (AvgIpc) is 2.88. The molecule has 0 aromatic heterocycles. The first kappa shape index (κ1) is 13.2. The Labute approximate surface area is 106 Å². The van der Waals surface area contributed by atoms with Crippen molar-refractivity contribution in [1.82, 2.24) is 4.90 Å². The third-order valence-electron chi connectivity index (χ3n) is 3.03. The van der Waals surface area contributed by atoms with Gasteiger partial charge in [0.1, 0.15) is 6.04 Å². The molecule has 1 aromatic carbocycles. The van der Waals surface area contributed by atoms with Crippen LogP contribution in [0.2, 0.25) is 0 Å². The van der Waals surface area contributed by atoms with Gasteiger partial charge in [0.15, 0.2) is 17.4 Å². The smallest absolute Gasteiger partial charge is 0.258 e. The Morgan fingerprint density at radius 1 is 1.42 bits per heavy atom. The molecular formula is C12H9F3N2O2. The minimum Gasteiger partial charge on any atom is -0.503 e. The second-order valence-electron chi connectivity index (χ2n) is 4.17. The second-order valence-corrected chi connectivity index (χ2v) is 4.17. The van der Waals surface area contributed by atoms with E-state index in [4.69, 9.17) is 10.4 Å². The zero-order valence-corrected chi connectivity index (χ0v) is 9.66. The number of nitrogens with zero attached hydrogens (tertiary/aromatic N) is 2. The summed E-state index contributed by atoms with van der Waals surface area (Å²) >= 11 is 0. The van der Waals surface area contributed by atoms with Gasteiger partial charge in [0, 0.05) is 6.54 Å². The largest absolute Gasteiger partial charge is 0.503 e. The van der Waals surface area contributed by atoms with Crippen LogP contribution in [0, 0.1) is 28.8 Å². The molecule has 1 amide bonds. The highest BCUT2D eigenvalue weighted by Gasteiger charge is 2.32. The van der Waals surface area contributed by atoms with E-state index in [2.05, 4.69) is 0 Å². The fraction of sp³-hybridized carbons (Fsp3) is 0.333. The van der Waals surface area contributed by atoms with Crippen molar-refractivity contribution in [2.75, 3.05) is 6.54 Å². The lowest BCUT2D eigenvalue weighted by molar-refractivity contribution is 0.0758. The van der Waals surface area contributed by atoms with Gasteiger partial charge in [-0.1, -0.05) is 0 Å². The number of phenols is 1. The van der Waals surface area contributed by atoms with Crippen molar-refractivity contribution in [3.8, 4) is 11.8 Å². The molecule has 1 N–H and O–H groups in total. The molecular weight excluding hydrogens is 261 g/mol.